The van der Waals surface area contributed by atoms with Gasteiger partial charge in [-0.1, -0.05) is 12.1 Å². The minimum atomic E-state index is -5.20. The molecule has 0 bridgehead atoms. The van der Waals surface area contributed by atoms with E-state index in [1.165, 1.54) is 25.3 Å². The number of Topliss-reactive ketones (excluding diaryl/α,β-unsaturated/α-hetero) is 1. The number of aliphatic hydroxyl groups is 1. The van der Waals surface area contributed by atoms with E-state index in [4.69, 9.17) is 4.74 Å². The second-order valence-electron chi connectivity index (χ2n) is 4.24. The summed E-state index contributed by atoms with van der Waals surface area (Å²) in [6, 6.07) is 6.73. The lowest BCUT2D eigenvalue weighted by Gasteiger charge is -2.28. The molecular formula is C14H11F3O4. The monoisotopic (exact) mass is 300 g/mol. The van der Waals surface area contributed by atoms with Gasteiger partial charge in [-0.25, -0.2) is 0 Å². The fraction of sp³-hybridized carbons (Fsp3) is 0.214. The highest BCUT2D eigenvalue weighted by Gasteiger charge is 2.61. The fourth-order valence-corrected chi connectivity index (χ4v) is 1.84. The Bertz CT molecular complexity index is 617. The van der Waals surface area contributed by atoms with Crippen LogP contribution in [0.25, 0.3) is 0 Å². The van der Waals surface area contributed by atoms with Crippen molar-refractivity contribution in [3.8, 4) is 5.75 Å². The largest absolute Gasteiger partial charge is 0.497 e. The molecule has 2 rings (SSSR count). The third-order valence-corrected chi connectivity index (χ3v) is 2.99. The number of carbonyl (C=O) groups is 1. The molecule has 7 heteroatoms. The second kappa shape index (κ2) is 5.25. The molecule has 0 amide bonds. The molecule has 1 N–H and O–H groups in total. The van der Waals surface area contributed by atoms with Crippen LogP contribution in [0.1, 0.15) is 16.1 Å². The highest BCUT2D eigenvalue weighted by molar-refractivity contribution is 6.01. The van der Waals surface area contributed by atoms with Crippen molar-refractivity contribution >= 4 is 5.78 Å². The third-order valence-electron chi connectivity index (χ3n) is 2.99. The SMILES string of the molecule is COc1ccc(C(O)(C(=O)c2ccco2)C(F)(F)F)cc1. The molecule has 0 aliphatic rings. The molecular weight excluding hydrogens is 289 g/mol. The average molecular weight is 300 g/mol. The predicted molar refractivity (Wildman–Crippen MR) is 66.0 cm³/mol. The van der Waals surface area contributed by atoms with Crippen LogP contribution in [0.2, 0.25) is 0 Å². The summed E-state index contributed by atoms with van der Waals surface area (Å²) in [5.74, 6) is -1.86. The number of ether oxygens (including phenoxy) is 1. The maximum absolute atomic E-state index is 13.3. The Kier molecular flexibility index (Phi) is 3.78. The van der Waals surface area contributed by atoms with E-state index in [0.29, 0.717) is 5.75 Å². The van der Waals surface area contributed by atoms with Gasteiger partial charge in [0.2, 0.25) is 5.78 Å². The Hall–Kier alpha value is -2.28. The molecule has 1 atom stereocenters. The van der Waals surface area contributed by atoms with Crippen molar-refractivity contribution in [1.29, 1.82) is 0 Å². The maximum atomic E-state index is 13.3. The minimum absolute atomic E-state index is 0.300. The van der Waals surface area contributed by atoms with Crippen molar-refractivity contribution in [2.45, 2.75) is 11.8 Å². The lowest BCUT2D eigenvalue weighted by atomic mass is 9.87. The summed E-state index contributed by atoms with van der Waals surface area (Å²) in [6.07, 6.45) is -4.15. The van der Waals surface area contributed by atoms with Crippen molar-refractivity contribution in [3.05, 3.63) is 54.0 Å². The molecule has 4 nitrogen and oxygen atoms in total. The summed E-state index contributed by atoms with van der Waals surface area (Å²) in [6.45, 7) is 0. The van der Waals surface area contributed by atoms with Gasteiger partial charge in [0.25, 0.3) is 5.60 Å². The number of ketones is 1. The van der Waals surface area contributed by atoms with Gasteiger partial charge in [-0.15, -0.1) is 0 Å². The zero-order chi connectivity index (χ0) is 15.7. The van der Waals surface area contributed by atoms with Crippen LogP contribution >= 0.6 is 0 Å². The van der Waals surface area contributed by atoms with E-state index in [0.717, 1.165) is 24.5 Å². The first-order valence-electron chi connectivity index (χ1n) is 5.82. The van der Waals surface area contributed by atoms with Crippen LogP contribution in [-0.2, 0) is 5.60 Å². The predicted octanol–water partition coefficient (Wildman–Crippen LogP) is 2.92. The van der Waals surface area contributed by atoms with Gasteiger partial charge in [-0.05, 0) is 24.3 Å². The van der Waals surface area contributed by atoms with Gasteiger partial charge in [-0.3, -0.25) is 4.79 Å². The van der Waals surface area contributed by atoms with Gasteiger partial charge >= 0.3 is 6.18 Å². The topological polar surface area (TPSA) is 59.7 Å². The lowest BCUT2D eigenvalue weighted by Crippen LogP contribution is -2.49. The number of methoxy groups -OCH3 is 1. The van der Waals surface area contributed by atoms with E-state index in [1.54, 1.807) is 0 Å². The Balaban J connectivity index is 2.54. The van der Waals surface area contributed by atoms with Crippen LogP contribution in [0, 0.1) is 0 Å². The maximum Gasteiger partial charge on any atom is 0.429 e. The first kappa shape index (κ1) is 15.1. The molecule has 112 valence electrons. The molecule has 0 aliphatic carbocycles. The molecule has 1 aromatic heterocycles. The summed E-state index contributed by atoms with van der Waals surface area (Å²) in [5.41, 5.74) is -4.30. The van der Waals surface area contributed by atoms with Crippen LogP contribution in [-0.4, -0.2) is 24.2 Å². The third kappa shape index (κ3) is 2.52. The zero-order valence-corrected chi connectivity index (χ0v) is 10.8. The van der Waals surface area contributed by atoms with Crippen molar-refractivity contribution < 1.29 is 32.2 Å². The molecule has 0 fully saturated rings. The molecule has 0 spiro atoms. The molecule has 0 saturated heterocycles. The molecule has 0 saturated carbocycles. The van der Waals surface area contributed by atoms with Gasteiger partial charge in [0.1, 0.15) is 5.75 Å². The van der Waals surface area contributed by atoms with Crippen LogP contribution in [0.5, 0.6) is 5.75 Å². The Morgan fingerprint density at radius 3 is 2.24 bits per heavy atom. The number of alkyl halides is 3. The standard InChI is InChI=1S/C14H11F3O4/c1-20-10-6-4-9(5-7-10)13(19,14(15,16)17)12(18)11-3-2-8-21-11/h2-8,19H,1H3. The number of hydrogen-bond donors (Lipinski definition) is 1. The Morgan fingerprint density at radius 2 is 1.81 bits per heavy atom. The Morgan fingerprint density at radius 1 is 1.19 bits per heavy atom. The van der Waals surface area contributed by atoms with Crippen molar-refractivity contribution in [3.63, 3.8) is 0 Å². The summed E-state index contributed by atoms with van der Waals surface area (Å²) < 4.78 is 49.3. The van der Waals surface area contributed by atoms with Gasteiger partial charge in [0.05, 0.1) is 13.4 Å². The van der Waals surface area contributed by atoms with Crippen LogP contribution < -0.4 is 4.74 Å². The number of halogens is 3. The van der Waals surface area contributed by atoms with E-state index >= 15 is 0 Å². The van der Waals surface area contributed by atoms with E-state index < -0.39 is 28.9 Å². The molecule has 0 radical (unpaired) electrons. The van der Waals surface area contributed by atoms with Crippen LogP contribution in [0.4, 0.5) is 13.2 Å². The highest BCUT2D eigenvalue weighted by atomic mass is 19.4. The van der Waals surface area contributed by atoms with Gasteiger partial charge in [-0.2, -0.15) is 13.2 Å². The van der Waals surface area contributed by atoms with E-state index in [9.17, 15) is 23.1 Å². The highest BCUT2D eigenvalue weighted by Crippen LogP contribution is 2.41. The van der Waals surface area contributed by atoms with Crippen molar-refractivity contribution in [2.24, 2.45) is 0 Å². The molecule has 1 aromatic carbocycles. The van der Waals surface area contributed by atoms with E-state index in [-0.39, 0.29) is 0 Å². The van der Waals surface area contributed by atoms with Crippen LogP contribution in [0.15, 0.2) is 47.1 Å². The Labute approximate surface area is 117 Å². The molecule has 21 heavy (non-hydrogen) atoms. The van der Waals surface area contributed by atoms with Gasteiger partial charge in [0.15, 0.2) is 5.76 Å². The molecule has 0 aliphatic heterocycles. The first-order valence-corrected chi connectivity index (χ1v) is 5.82. The van der Waals surface area contributed by atoms with Gasteiger partial charge < -0.3 is 14.3 Å². The van der Waals surface area contributed by atoms with Crippen LogP contribution in [0.3, 0.4) is 0 Å². The van der Waals surface area contributed by atoms with Crippen molar-refractivity contribution in [2.75, 3.05) is 7.11 Å². The normalized spacial score (nSPS) is 14.5. The summed E-state index contributed by atoms with van der Waals surface area (Å²) in [4.78, 5) is 12.0. The van der Waals surface area contributed by atoms with Gasteiger partial charge in [0, 0.05) is 5.56 Å². The number of furan rings is 1. The summed E-state index contributed by atoms with van der Waals surface area (Å²) in [5, 5.41) is 10.0. The average Bonchev–Trinajstić information content (AvgIpc) is 2.98. The fourth-order valence-electron chi connectivity index (χ4n) is 1.84. The quantitative estimate of drug-likeness (QED) is 0.882. The lowest BCUT2D eigenvalue weighted by molar-refractivity contribution is -0.242. The summed E-state index contributed by atoms with van der Waals surface area (Å²) in [7, 11) is 1.35. The number of benzene rings is 1. The zero-order valence-electron chi connectivity index (χ0n) is 10.8. The molecule has 2 aromatic rings. The first-order chi connectivity index (χ1) is 9.80. The summed E-state index contributed by atoms with van der Waals surface area (Å²) >= 11 is 0. The molecule has 1 unspecified atom stereocenters. The number of hydrogen-bond acceptors (Lipinski definition) is 4. The second-order valence-corrected chi connectivity index (χ2v) is 4.24. The minimum Gasteiger partial charge on any atom is -0.497 e. The smallest absolute Gasteiger partial charge is 0.429 e. The van der Waals surface area contributed by atoms with Crippen molar-refractivity contribution in [1.82, 2.24) is 0 Å². The van der Waals surface area contributed by atoms with E-state index in [1.807, 2.05) is 0 Å². The number of carbonyl (C=O) groups excluding carboxylic acids is 1. The van der Waals surface area contributed by atoms with E-state index in [2.05, 4.69) is 4.42 Å². The number of rotatable bonds is 4. The molecule has 1 heterocycles.